The van der Waals surface area contributed by atoms with Crippen molar-refractivity contribution in [3.8, 4) is 0 Å². The number of unbranched alkanes of at least 4 members (excludes halogenated alkanes) is 2. The van der Waals surface area contributed by atoms with Gasteiger partial charge in [0.2, 0.25) is 0 Å². The number of alkyl halides is 6. The predicted octanol–water partition coefficient (Wildman–Crippen LogP) is 5.12. The Morgan fingerprint density at radius 2 is 1.15 bits per heavy atom. The Bertz CT molecular complexity index is 103. The molecular weight excluding hydrogens is 247 g/mol. The molecule has 0 atom stereocenters. The molecule has 6 heteroatoms. The van der Waals surface area contributed by atoms with Crippen LogP contribution < -0.4 is 0 Å². The molecule has 13 heavy (non-hydrogen) atoms. The van der Waals surface area contributed by atoms with Crippen LogP contribution in [0.5, 0.6) is 0 Å². The predicted molar refractivity (Wildman–Crippen MR) is 51.5 cm³/mol. The smallest absolute Gasteiger partial charge is 0.199 e. The fourth-order valence-corrected chi connectivity index (χ4v) is 0.354. The molecule has 0 fully saturated rings. The molecule has 0 nitrogen and oxygen atoms in total. The third-order valence-corrected chi connectivity index (χ3v) is 1.96. The quantitative estimate of drug-likeness (QED) is 0.617. The first kappa shape index (κ1) is 16.1. The van der Waals surface area contributed by atoms with E-state index in [0.29, 0.717) is 0 Å². The lowest BCUT2D eigenvalue weighted by molar-refractivity contribution is 0.0241. The van der Waals surface area contributed by atoms with Gasteiger partial charge in [-0.2, -0.15) is 13.2 Å². The van der Waals surface area contributed by atoms with E-state index in [1.807, 2.05) is 0 Å². The Morgan fingerprint density at radius 1 is 0.923 bits per heavy atom. The third-order valence-electron chi connectivity index (χ3n) is 1.03. The van der Waals surface area contributed by atoms with E-state index in [0.717, 1.165) is 0 Å². The van der Waals surface area contributed by atoms with Crippen LogP contribution in [0, 0.1) is 0 Å². The summed E-state index contributed by atoms with van der Waals surface area (Å²) in [6, 6.07) is 0. The molecule has 0 rings (SSSR count). The van der Waals surface area contributed by atoms with Crippen molar-refractivity contribution in [3.63, 3.8) is 0 Å². The number of hydrogen-bond acceptors (Lipinski definition) is 0. The Labute approximate surface area is 91.3 Å². The van der Waals surface area contributed by atoms with Crippen molar-refractivity contribution < 1.29 is 13.2 Å². The monoisotopic (exact) mass is 258 g/mol. The average molecular weight is 260 g/mol. The molecule has 0 bridgehead atoms. The first-order chi connectivity index (χ1) is 5.66. The summed E-state index contributed by atoms with van der Waals surface area (Å²) in [5, 5.41) is -4.23. The molecule has 0 saturated carbocycles. The highest BCUT2D eigenvalue weighted by Gasteiger charge is 2.51. The van der Waals surface area contributed by atoms with Crippen LogP contribution in [0.15, 0.2) is 0 Å². The van der Waals surface area contributed by atoms with Crippen LogP contribution in [-0.2, 0) is 0 Å². The zero-order chi connectivity index (χ0) is 11.1. The van der Waals surface area contributed by atoms with Gasteiger partial charge >= 0.3 is 9.97 Å². The summed E-state index contributed by atoms with van der Waals surface area (Å²) in [5.74, 6) is 0. The van der Waals surface area contributed by atoms with Gasteiger partial charge in [-0.1, -0.05) is 56.3 Å². The number of rotatable bonds is 3. The SMILES string of the molecule is CCCCC.FC(F)(Cl)C(F)(Cl)Cl. The summed E-state index contributed by atoms with van der Waals surface area (Å²) in [6.45, 7) is 4.42. The van der Waals surface area contributed by atoms with Crippen molar-refractivity contribution in [1.29, 1.82) is 0 Å². The van der Waals surface area contributed by atoms with Crippen LogP contribution in [0.3, 0.4) is 0 Å². The van der Waals surface area contributed by atoms with E-state index >= 15 is 0 Å². The molecule has 0 radical (unpaired) electrons. The first-order valence-electron chi connectivity index (χ1n) is 3.80. The average Bonchev–Trinajstić information content (AvgIpc) is 1.85. The Morgan fingerprint density at radius 3 is 1.15 bits per heavy atom. The molecule has 0 unspecified atom stereocenters. The van der Waals surface area contributed by atoms with Crippen LogP contribution in [-0.4, -0.2) is 9.97 Å². The van der Waals surface area contributed by atoms with Crippen molar-refractivity contribution in [2.24, 2.45) is 0 Å². The lowest BCUT2D eigenvalue weighted by Crippen LogP contribution is -2.27. The Balaban J connectivity index is 0. The van der Waals surface area contributed by atoms with Crippen LogP contribution in [0.1, 0.15) is 33.1 Å². The highest BCUT2D eigenvalue weighted by atomic mass is 35.5. The summed E-state index contributed by atoms with van der Waals surface area (Å²) in [4.78, 5) is 0. The van der Waals surface area contributed by atoms with Crippen molar-refractivity contribution in [2.45, 2.75) is 43.1 Å². The van der Waals surface area contributed by atoms with Crippen LogP contribution in [0.4, 0.5) is 13.2 Å². The van der Waals surface area contributed by atoms with E-state index in [-0.39, 0.29) is 0 Å². The lowest BCUT2D eigenvalue weighted by atomic mass is 10.3. The van der Waals surface area contributed by atoms with Gasteiger partial charge in [0.1, 0.15) is 0 Å². The second-order valence-corrected chi connectivity index (χ2v) is 4.06. The molecular formula is C7H12Cl3F3. The zero-order valence-corrected chi connectivity index (χ0v) is 9.66. The summed E-state index contributed by atoms with van der Waals surface area (Å²) >= 11 is 12.5. The number of hydrogen-bond donors (Lipinski definition) is 0. The molecule has 82 valence electrons. The van der Waals surface area contributed by atoms with Gasteiger partial charge in [-0.25, -0.2) is 0 Å². The van der Waals surface area contributed by atoms with Crippen molar-refractivity contribution in [3.05, 3.63) is 0 Å². The van der Waals surface area contributed by atoms with Gasteiger partial charge in [0.25, 0.3) is 0 Å². The maximum Gasteiger partial charge on any atom is 0.383 e. The van der Waals surface area contributed by atoms with Gasteiger partial charge in [0.05, 0.1) is 0 Å². The van der Waals surface area contributed by atoms with Crippen LogP contribution in [0.2, 0.25) is 0 Å². The molecule has 0 aliphatic carbocycles. The topological polar surface area (TPSA) is 0 Å². The second-order valence-electron chi connectivity index (χ2n) is 2.35. The Kier molecular flexibility index (Phi) is 8.69. The highest BCUT2D eigenvalue weighted by Crippen LogP contribution is 2.42. The summed E-state index contributed by atoms with van der Waals surface area (Å²) in [5.41, 5.74) is 0. The molecule has 0 aromatic carbocycles. The normalized spacial score (nSPS) is 12.0. The van der Waals surface area contributed by atoms with E-state index in [1.54, 1.807) is 0 Å². The van der Waals surface area contributed by atoms with Gasteiger partial charge in [-0.3, -0.25) is 0 Å². The highest BCUT2D eigenvalue weighted by molar-refractivity contribution is 6.51. The van der Waals surface area contributed by atoms with Gasteiger partial charge in [-0.05, 0) is 11.6 Å². The van der Waals surface area contributed by atoms with Crippen molar-refractivity contribution >= 4 is 34.8 Å². The van der Waals surface area contributed by atoms with Gasteiger partial charge in [-0.15, -0.1) is 0 Å². The van der Waals surface area contributed by atoms with E-state index in [4.69, 9.17) is 0 Å². The lowest BCUT2D eigenvalue weighted by Gasteiger charge is -2.13. The molecule has 0 aliphatic rings. The largest absolute Gasteiger partial charge is 0.383 e. The van der Waals surface area contributed by atoms with Crippen molar-refractivity contribution in [1.82, 2.24) is 0 Å². The molecule has 0 aliphatic heterocycles. The maximum atomic E-state index is 11.5. The Hall–Kier alpha value is 0.660. The maximum absolute atomic E-state index is 11.5. The van der Waals surface area contributed by atoms with Crippen LogP contribution >= 0.6 is 34.8 Å². The summed E-state index contributed by atoms with van der Waals surface area (Å²) < 4.78 is 30.6. The molecule has 0 heterocycles. The van der Waals surface area contributed by atoms with Crippen molar-refractivity contribution in [2.75, 3.05) is 0 Å². The van der Waals surface area contributed by atoms with Gasteiger partial charge in [0.15, 0.2) is 0 Å². The second kappa shape index (κ2) is 7.02. The van der Waals surface area contributed by atoms with E-state index in [1.165, 1.54) is 19.3 Å². The zero-order valence-electron chi connectivity index (χ0n) is 7.39. The standard InChI is InChI=1S/C5H12.C2Cl3F3/c1-3-5-4-2;3-1(4,6)2(5,7)8/h3-5H2,1-2H3;. The molecule has 0 aromatic rings. The first-order valence-corrected chi connectivity index (χ1v) is 4.93. The van der Waals surface area contributed by atoms with Gasteiger partial charge < -0.3 is 0 Å². The van der Waals surface area contributed by atoms with E-state index in [9.17, 15) is 13.2 Å². The molecule has 0 amide bonds. The van der Waals surface area contributed by atoms with E-state index < -0.39 is 9.97 Å². The minimum atomic E-state index is -4.23. The summed E-state index contributed by atoms with van der Waals surface area (Å²) in [7, 11) is 0. The molecule has 0 spiro atoms. The van der Waals surface area contributed by atoms with Crippen LogP contribution in [0.25, 0.3) is 0 Å². The molecule has 0 aromatic heterocycles. The fraction of sp³-hybridized carbons (Fsp3) is 1.00. The third kappa shape index (κ3) is 10.6. The molecule has 0 N–H and O–H groups in total. The van der Waals surface area contributed by atoms with E-state index in [2.05, 4.69) is 48.7 Å². The number of halogens is 6. The fourth-order valence-electron chi connectivity index (χ4n) is 0.354. The minimum absolute atomic E-state index is 1.34. The van der Waals surface area contributed by atoms with Gasteiger partial charge in [0, 0.05) is 0 Å². The minimum Gasteiger partial charge on any atom is -0.199 e. The molecule has 0 saturated heterocycles. The summed E-state index contributed by atoms with van der Waals surface area (Å²) in [6.07, 6.45) is 4.08.